The number of rotatable bonds is 2. The Bertz CT molecular complexity index is 588. The number of pyridine rings is 1. The monoisotopic (exact) mass is 324 g/mol. The lowest BCUT2D eigenvalue weighted by molar-refractivity contribution is 0.103. The molecular weight excluding hydrogens is 312 g/mol. The largest absolute Gasteiger partial charge is 0.320 e. The molecule has 0 aromatic carbocycles. The van der Waals surface area contributed by atoms with E-state index < -0.39 is 0 Å². The maximum Gasteiger partial charge on any atom is 0.265 e. The molecule has 2 aromatic heterocycles. The highest BCUT2D eigenvalue weighted by molar-refractivity contribution is 9.10. The van der Waals surface area contributed by atoms with Crippen LogP contribution in [0.3, 0.4) is 0 Å². The van der Waals surface area contributed by atoms with Crippen molar-refractivity contribution < 1.29 is 4.79 Å². The van der Waals surface area contributed by atoms with Gasteiger partial charge in [-0.25, -0.2) is 4.98 Å². The number of nitrogens with zero attached hydrogens (tertiary/aromatic N) is 1. The van der Waals surface area contributed by atoms with Crippen LogP contribution in [-0.4, -0.2) is 10.9 Å². The van der Waals surface area contributed by atoms with Crippen molar-refractivity contribution >= 4 is 38.9 Å². The molecule has 0 spiro atoms. The van der Waals surface area contributed by atoms with Crippen molar-refractivity contribution in [2.75, 3.05) is 5.32 Å². The van der Waals surface area contributed by atoms with Gasteiger partial charge in [-0.2, -0.15) is 0 Å². The fourth-order valence-corrected chi connectivity index (χ4v) is 2.86. The number of aryl methyl sites for hydroxylation is 3. The smallest absolute Gasteiger partial charge is 0.265 e. The maximum absolute atomic E-state index is 12.1. The van der Waals surface area contributed by atoms with Crippen LogP contribution >= 0.6 is 27.3 Å². The minimum Gasteiger partial charge on any atom is -0.320 e. The Balaban J connectivity index is 2.21. The topological polar surface area (TPSA) is 42.0 Å². The van der Waals surface area contributed by atoms with Crippen molar-refractivity contribution in [1.82, 2.24) is 4.98 Å². The van der Waals surface area contributed by atoms with Gasteiger partial charge < -0.3 is 5.32 Å². The van der Waals surface area contributed by atoms with Crippen LogP contribution in [0, 0.1) is 20.8 Å². The van der Waals surface area contributed by atoms with Gasteiger partial charge in [-0.1, -0.05) is 0 Å². The Labute approximate surface area is 118 Å². The van der Waals surface area contributed by atoms with Gasteiger partial charge in [0.15, 0.2) is 0 Å². The summed E-state index contributed by atoms with van der Waals surface area (Å²) in [6.07, 6.45) is 0. The molecule has 0 unspecified atom stereocenters. The molecule has 0 saturated carbocycles. The average molecular weight is 325 g/mol. The SMILES string of the molecule is Cc1cc(C(=O)Nc2ccc(Br)nc2C)sc1C. The fourth-order valence-electron chi connectivity index (χ4n) is 1.53. The van der Waals surface area contributed by atoms with E-state index in [9.17, 15) is 4.79 Å². The summed E-state index contributed by atoms with van der Waals surface area (Å²) in [5.41, 5.74) is 2.69. The van der Waals surface area contributed by atoms with Gasteiger partial charge in [-0.05, 0) is 60.5 Å². The first-order valence-corrected chi connectivity index (χ1v) is 7.10. The van der Waals surface area contributed by atoms with Gasteiger partial charge in [0, 0.05) is 4.88 Å². The quantitative estimate of drug-likeness (QED) is 0.845. The molecule has 0 atom stereocenters. The minimum atomic E-state index is -0.0802. The fraction of sp³-hybridized carbons (Fsp3) is 0.231. The molecule has 1 amide bonds. The van der Waals surface area contributed by atoms with Crippen LogP contribution in [0.25, 0.3) is 0 Å². The zero-order chi connectivity index (χ0) is 13.3. The number of nitrogens with one attached hydrogen (secondary N) is 1. The standard InChI is InChI=1S/C13H13BrN2OS/c1-7-6-11(18-9(7)3)13(17)16-10-4-5-12(14)15-8(10)2/h4-6H,1-3H3,(H,16,17). The summed E-state index contributed by atoms with van der Waals surface area (Å²) in [4.78, 5) is 18.2. The van der Waals surface area contributed by atoms with Crippen LogP contribution in [-0.2, 0) is 0 Å². The van der Waals surface area contributed by atoms with Crippen molar-refractivity contribution in [2.24, 2.45) is 0 Å². The lowest BCUT2D eigenvalue weighted by Crippen LogP contribution is -2.11. The second kappa shape index (κ2) is 5.20. The second-order valence-electron chi connectivity index (χ2n) is 4.07. The summed E-state index contributed by atoms with van der Waals surface area (Å²) in [6.45, 7) is 5.89. The van der Waals surface area contributed by atoms with E-state index in [0.29, 0.717) is 0 Å². The number of hydrogen-bond acceptors (Lipinski definition) is 3. The van der Waals surface area contributed by atoms with Crippen molar-refractivity contribution in [3.63, 3.8) is 0 Å². The molecule has 5 heteroatoms. The number of hydrogen-bond donors (Lipinski definition) is 1. The third-order valence-electron chi connectivity index (χ3n) is 2.69. The molecule has 1 N–H and O–H groups in total. The molecule has 3 nitrogen and oxygen atoms in total. The number of amides is 1. The van der Waals surface area contributed by atoms with E-state index in [2.05, 4.69) is 26.2 Å². The highest BCUT2D eigenvalue weighted by Gasteiger charge is 2.12. The molecule has 0 aliphatic heterocycles. The molecule has 0 aliphatic rings. The van der Waals surface area contributed by atoms with E-state index >= 15 is 0 Å². The Morgan fingerprint density at radius 3 is 2.61 bits per heavy atom. The number of carbonyl (C=O) groups excluding carboxylic acids is 1. The predicted molar refractivity (Wildman–Crippen MR) is 78.4 cm³/mol. The van der Waals surface area contributed by atoms with E-state index in [1.807, 2.05) is 39.0 Å². The van der Waals surface area contributed by atoms with Crippen molar-refractivity contribution in [3.05, 3.63) is 43.8 Å². The third kappa shape index (κ3) is 2.79. The Morgan fingerprint density at radius 1 is 1.33 bits per heavy atom. The van der Waals surface area contributed by atoms with Gasteiger partial charge in [0.1, 0.15) is 4.60 Å². The van der Waals surface area contributed by atoms with Crippen molar-refractivity contribution in [2.45, 2.75) is 20.8 Å². The van der Waals surface area contributed by atoms with Gasteiger partial charge in [-0.15, -0.1) is 11.3 Å². The molecule has 2 aromatic rings. The first-order valence-electron chi connectivity index (χ1n) is 5.49. The number of halogens is 1. The van der Waals surface area contributed by atoms with E-state index in [4.69, 9.17) is 0 Å². The Kier molecular flexibility index (Phi) is 3.82. The first-order chi connectivity index (χ1) is 8.47. The normalized spacial score (nSPS) is 10.4. The van der Waals surface area contributed by atoms with E-state index in [1.165, 1.54) is 16.2 Å². The summed E-state index contributed by atoms with van der Waals surface area (Å²) in [7, 11) is 0. The average Bonchev–Trinajstić information content (AvgIpc) is 2.63. The number of carbonyl (C=O) groups is 1. The van der Waals surface area contributed by atoms with Crippen LogP contribution in [0.15, 0.2) is 22.8 Å². The zero-order valence-electron chi connectivity index (χ0n) is 10.4. The molecule has 18 heavy (non-hydrogen) atoms. The van der Waals surface area contributed by atoms with Crippen LogP contribution in [0.4, 0.5) is 5.69 Å². The Hall–Kier alpha value is -1.20. The van der Waals surface area contributed by atoms with Crippen molar-refractivity contribution in [1.29, 1.82) is 0 Å². The maximum atomic E-state index is 12.1. The molecule has 0 bridgehead atoms. The molecule has 0 saturated heterocycles. The first kappa shape index (κ1) is 13.2. The van der Waals surface area contributed by atoms with Crippen LogP contribution in [0.1, 0.15) is 25.8 Å². The number of anilines is 1. The van der Waals surface area contributed by atoms with E-state index in [0.717, 1.165) is 26.4 Å². The molecule has 2 rings (SSSR count). The summed E-state index contributed by atoms with van der Waals surface area (Å²) < 4.78 is 0.765. The van der Waals surface area contributed by atoms with Gasteiger partial charge in [0.25, 0.3) is 5.91 Å². The van der Waals surface area contributed by atoms with Gasteiger partial charge >= 0.3 is 0 Å². The number of thiophene rings is 1. The second-order valence-corrected chi connectivity index (χ2v) is 6.14. The minimum absolute atomic E-state index is 0.0802. The molecular formula is C13H13BrN2OS. The van der Waals surface area contributed by atoms with Gasteiger partial charge in [0.2, 0.25) is 0 Å². The molecule has 0 aliphatic carbocycles. The van der Waals surface area contributed by atoms with E-state index in [-0.39, 0.29) is 5.91 Å². The predicted octanol–water partition coefficient (Wildman–Crippen LogP) is 4.08. The molecule has 2 heterocycles. The molecule has 0 radical (unpaired) electrons. The molecule has 94 valence electrons. The zero-order valence-corrected chi connectivity index (χ0v) is 12.8. The highest BCUT2D eigenvalue weighted by atomic mass is 79.9. The van der Waals surface area contributed by atoms with Gasteiger partial charge in [-0.3, -0.25) is 4.79 Å². The van der Waals surface area contributed by atoms with Gasteiger partial charge in [0.05, 0.1) is 16.3 Å². The van der Waals surface area contributed by atoms with Crippen LogP contribution in [0.5, 0.6) is 0 Å². The lowest BCUT2D eigenvalue weighted by Gasteiger charge is -2.06. The highest BCUT2D eigenvalue weighted by Crippen LogP contribution is 2.23. The van der Waals surface area contributed by atoms with Crippen molar-refractivity contribution in [3.8, 4) is 0 Å². The summed E-state index contributed by atoms with van der Waals surface area (Å²) in [5.74, 6) is -0.0802. The lowest BCUT2D eigenvalue weighted by atomic mass is 10.2. The molecule has 0 fully saturated rings. The Morgan fingerprint density at radius 2 is 2.06 bits per heavy atom. The van der Waals surface area contributed by atoms with Crippen LogP contribution in [0.2, 0.25) is 0 Å². The number of aromatic nitrogens is 1. The third-order valence-corrected chi connectivity index (χ3v) is 4.28. The summed E-state index contributed by atoms with van der Waals surface area (Å²) in [6, 6.07) is 5.57. The van der Waals surface area contributed by atoms with E-state index in [1.54, 1.807) is 0 Å². The summed E-state index contributed by atoms with van der Waals surface area (Å²) in [5, 5.41) is 2.88. The van der Waals surface area contributed by atoms with Crippen LogP contribution < -0.4 is 5.32 Å². The summed E-state index contributed by atoms with van der Waals surface area (Å²) >= 11 is 4.81.